The van der Waals surface area contributed by atoms with Gasteiger partial charge in [-0.1, -0.05) is 60.7 Å². The second-order valence-electron chi connectivity index (χ2n) is 9.56. The lowest BCUT2D eigenvalue weighted by Gasteiger charge is -2.45. The van der Waals surface area contributed by atoms with Gasteiger partial charge in [0.15, 0.2) is 0 Å². The van der Waals surface area contributed by atoms with E-state index in [0.717, 1.165) is 55.0 Å². The fraction of sp³-hybridized carbons (Fsp3) is 0.345. The summed E-state index contributed by atoms with van der Waals surface area (Å²) < 4.78 is 5.87. The van der Waals surface area contributed by atoms with Crippen molar-refractivity contribution >= 4 is 11.7 Å². The van der Waals surface area contributed by atoms with E-state index >= 15 is 0 Å². The number of hydrogen-bond acceptors (Lipinski definition) is 3. The average Bonchev–Trinajstić information content (AvgIpc) is 2.84. The Morgan fingerprint density at radius 1 is 0.941 bits per heavy atom. The maximum absolute atomic E-state index is 13.3. The van der Waals surface area contributed by atoms with Crippen LogP contribution < -0.4 is 10.1 Å². The normalized spacial score (nSPS) is 19.1. The number of fused-ring (bicyclic) bond motifs is 1. The number of nitrogens with one attached hydrogen (secondary N) is 1. The van der Waals surface area contributed by atoms with Gasteiger partial charge in [0.1, 0.15) is 5.75 Å². The van der Waals surface area contributed by atoms with Crippen LogP contribution in [0.1, 0.15) is 49.4 Å². The summed E-state index contributed by atoms with van der Waals surface area (Å²) in [4.78, 5) is 17.9. The topological polar surface area (TPSA) is 44.8 Å². The minimum atomic E-state index is -0.0624. The van der Waals surface area contributed by atoms with E-state index in [9.17, 15) is 4.79 Å². The van der Waals surface area contributed by atoms with Gasteiger partial charge in [0.05, 0.1) is 12.1 Å². The highest BCUT2D eigenvalue weighted by molar-refractivity contribution is 5.93. The highest BCUT2D eigenvalue weighted by Gasteiger charge is 2.39. The van der Waals surface area contributed by atoms with Gasteiger partial charge in [0.2, 0.25) is 0 Å². The predicted molar refractivity (Wildman–Crippen MR) is 136 cm³/mol. The van der Waals surface area contributed by atoms with E-state index in [1.54, 1.807) is 0 Å². The van der Waals surface area contributed by atoms with Crippen LogP contribution in [0.5, 0.6) is 5.75 Å². The van der Waals surface area contributed by atoms with Crippen molar-refractivity contribution < 1.29 is 9.53 Å². The fourth-order valence-electron chi connectivity index (χ4n) is 5.25. The molecular weight excluding hydrogens is 422 g/mol. The van der Waals surface area contributed by atoms with E-state index in [4.69, 9.17) is 4.74 Å². The zero-order chi connectivity index (χ0) is 23.5. The van der Waals surface area contributed by atoms with Crippen molar-refractivity contribution in [1.82, 2.24) is 9.80 Å². The lowest BCUT2D eigenvalue weighted by molar-refractivity contribution is 0.105. The molecule has 34 heavy (non-hydrogen) atoms. The second-order valence-corrected chi connectivity index (χ2v) is 9.56. The van der Waals surface area contributed by atoms with Crippen molar-refractivity contribution in [3.63, 3.8) is 0 Å². The first kappa shape index (κ1) is 22.5. The number of benzene rings is 3. The third-order valence-corrected chi connectivity index (χ3v) is 6.75. The van der Waals surface area contributed by atoms with Crippen LogP contribution in [0.25, 0.3) is 0 Å². The zero-order valence-electron chi connectivity index (χ0n) is 20.0. The molecule has 5 heteroatoms. The Labute approximate surface area is 202 Å². The molecule has 3 aromatic rings. The van der Waals surface area contributed by atoms with Crippen molar-refractivity contribution in [3.8, 4) is 5.75 Å². The molecule has 5 rings (SSSR count). The van der Waals surface area contributed by atoms with Gasteiger partial charge >= 0.3 is 6.03 Å². The van der Waals surface area contributed by atoms with Gasteiger partial charge in [-0.3, -0.25) is 4.90 Å². The number of hydrogen-bond donors (Lipinski definition) is 1. The van der Waals surface area contributed by atoms with Gasteiger partial charge in [-0.15, -0.1) is 0 Å². The summed E-state index contributed by atoms with van der Waals surface area (Å²) >= 11 is 0. The van der Waals surface area contributed by atoms with E-state index in [1.807, 2.05) is 24.3 Å². The standard InChI is InChI=1S/C29H33N3O2/c1-21(2)34-25-12-8-9-22(19-25)20-31-17-15-24(16-18-31)32-28(23-10-4-3-5-11-23)26-13-6-7-14-27(26)30-29(32)33/h3-14,19,21,24,28H,15-18,20H2,1-2H3,(H,30,33). The van der Waals surface area contributed by atoms with Crippen LogP contribution in [0.3, 0.4) is 0 Å². The Bertz CT molecular complexity index is 1120. The summed E-state index contributed by atoms with van der Waals surface area (Å²) in [5.41, 5.74) is 4.51. The first-order valence-electron chi connectivity index (χ1n) is 12.3. The Hall–Kier alpha value is -3.31. The average molecular weight is 456 g/mol. The highest BCUT2D eigenvalue weighted by atomic mass is 16.5. The van der Waals surface area contributed by atoms with E-state index < -0.39 is 0 Å². The molecule has 0 aromatic heterocycles. The monoisotopic (exact) mass is 455 g/mol. The summed E-state index contributed by atoms with van der Waals surface area (Å²) in [5.74, 6) is 0.928. The van der Waals surface area contributed by atoms with Crippen molar-refractivity contribution in [2.24, 2.45) is 0 Å². The molecule has 2 aliphatic rings. The second kappa shape index (κ2) is 9.90. The van der Waals surface area contributed by atoms with E-state index in [2.05, 4.69) is 83.6 Å². The number of piperidine rings is 1. The number of carbonyl (C=O) groups is 1. The Balaban J connectivity index is 1.31. The number of rotatable bonds is 6. The number of likely N-dealkylation sites (tertiary alicyclic amines) is 1. The zero-order valence-corrected chi connectivity index (χ0v) is 20.0. The van der Waals surface area contributed by atoms with Gasteiger partial charge in [0, 0.05) is 36.9 Å². The largest absolute Gasteiger partial charge is 0.491 e. The molecule has 1 N–H and O–H groups in total. The molecule has 1 unspecified atom stereocenters. The van der Waals surface area contributed by atoms with Crippen LogP contribution >= 0.6 is 0 Å². The number of carbonyl (C=O) groups excluding carboxylic acids is 1. The number of amides is 2. The molecule has 0 radical (unpaired) electrons. The van der Waals surface area contributed by atoms with Gasteiger partial charge < -0.3 is 15.0 Å². The van der Waals surface area contributed by atoms with Crippen LogP contribution in [0.4, 0.5) is 10.5 Å². The number of para-hydroxylation sites is 1. The first-order chi connectivity index (χ1) is 16.6. The number of nitrogens with zero attached hydrogens (tertiary/aromatic N) is 2. The quantitative estimate of drug-likeness (QED) is 0.490. The van der Waals surface area contributed by atoms with E-state index in [0.29, 0.717) is 0 Å². The molecule has 3 aromatic carbocycles. The molecule has 5 nitrogen and oxygen atoms in total. The highest BCUT2D eigenvalue weighted by Crippen LogP contribution is 2.40. The van der Waals surface area contributed by atoms with E-state index in [1.165, 1.54) is 5.56 Å². The fourth-order valence-corrected chi connectivity index (χ4v) is 5.25. The molecule has 1 fully saturated rings. The van der Waals surface area contributed by atoms with E-state index in [-0.39, 0.29) is 24.2 Å². The van der Waals surface area contributed by atoms with Crippen LogP contribution in [0.2, 0.25) is 0 Å². The van der Waals surface area contributed by atoms with Crippen LogP contribution in [0, 0.1) is 0 Å². The minimum Gasteiger partial charge on any atom is -0.491 e. The molecule has 1 atom stereocenters. The van der Waals surface area contributed by atoms with Crippen LogP contribution in [-0.4, -0.2) is 41.1 Å². The van der Waals surface area contributed by atoms with Crippen molar-refractivity contribution in [2.75, 3.05) is 18.4 Å². The lowest BCUT2D eigenvalue weighted by atomic mass is 9.90. The number of ether oxygens (including phenoxy) is 1. The third-order valence-electron chi connectivity index (χ3n) is 6.75. The smallest absolute Gasteiger partial charge is 0.322 e. The SMILES string of the molecule is CC(C)Oc1cccc(CN2CCC(N3C(=O)Nc4ccccc4C3c3ccccc3)CC2)c1. The molecule has 176 valence electrons. The number of anilines is 1. The van der Waals surface area contributed by atoms with Gasteiger partial charge in [-0.05, 0) is 56.0 Å². The predicted octanol–water partition coefficient (Wildman–Crippen LogP) is 6.08. The Kier molecular flexibility index (Phi) is 6.54. The molecule has 1 saturated heterocycles. The molecule has 0 aliphatic carbocycles. The minimum absolute atomic E-state index is 0.00420. The number of urea groups is 1. The molecule has 2 amide bonds. The maximum Gasteiger partial charge on any atom is 0.322 e. The Morgan fingerprint density at radius 2 is 1.68 bits per heavy atom. The summed E-state index contributed by atoms with van der Waals surface area (Å²) in [6.45, 7) is 6.93. The van der Waals surface area contributed by atoms with Crippen molar-refractivity contribution in [2.45, 2.75) is 51.4 Å². The lowest BCUT2D eigenvalue weighted by Crippen LogP contribution is -2.52. The van der Waals surface area contributed by atoms with Crippen LogP contribution in [-0.2, 0) is 6.54 Å². The van der Waals surface area contributed by atoms with Gasteiger partial charge in [0.25, 0.3) is 0 Å². The molecule has 2 aliphatic heterocycles. The Morgan fingerprint density at radius 3 is 2.44 bits per heavy atom. The summed E-state index contributed by atoms with van der Waals surface area (Å²) in [5, 5.41) is 3.14. The van der Waals surface area contributed by atoms with Crippen molar-refractivity contribution in [1.29, 1.82) is 0 Å². The van der Waals surface area contributed by atoms with Crippen LogP contribution in [0.15, 0.2) is 78.9 Å². The molecule has 0 spiro atoms. The van der Waals surface area contributed by atoms with Gasteiger partial charge in [-0.25, -0.2) is 4.79 Å². The van der Waals surface area contributed by atoms with Gasteiger partial charge in [-0.2, -0.15) is 0 Å². The molecule has 0 bridgehead atoms. The first-order valence-corrected chi connectivity index (χ1v) is 12.3. The maximum atomic E-state index is 13.3. The summed E-state index contributed by atoms with van der Waals surface area (Å²) in [7, 11) is 0. The molecular formula is C29H33N3O2. The third kappa shape index (κ3) is 4.80. The van der Waals surface area contributed by atoms with Crippen molar-refractivity contribution in [3.05, 3.63) is 95.6 Å². The molecule has 2 heterocycles. The molecule has 0 saturated carbocycles. The summed E-state index contributed by atoms with van der Waals surface area (Å²) in [6.07, 6.45) is 2.09. The summed E-state index contributed by atoms with van der Waals surface area (Å²) in [6, 6.07) is 27.1.